The molecule has 1 N–H and O–H groups in total. The van der Waals surface area contributed by atoms with E-state index in [9.17, 15) is 14.4 Å². The lowest BCUT2D eigenvalue weighted by molar-refractivity contribution is -0.152. The molecule has 1 aliphatic carbocycles. The summed E-state index contributed by atoms with van der Waals surface area (Å²) < 4.78 is 23.8. The van der Waals surface area contributed by atoms with Crippen LogP contribution in [0, 0.1) is 23.2 Å². The van der Waals surface area contributed by atoms with Crippen LogP contribution in [0.3, 0.4) is 0 Å². The highest BCUT2D eigenvalue weighted by atomic mass is 16.6. The van der Waals surface area contributed by atoms with Crippen molar-refractivity contribution in [3.05, 3.63) is 65.7 Å². The van der Waals surface area contributed by atoms with E-state index in [1.165, 1.54) is 12.0 Å². The van der Waals surface area contributed by atoms with Crippen molar-refractivity contribution in [3.63, 3.8) is 0 Å². The third-order valence-electron chi connectivity index (χ3n) is 8.92. The number of nitrogens with one attached hydrogen (secondary N) is 1. The van der Waals surface area contributed by atoms with Crippen molar-refractivity contribution in [3.8, 4) is 23.5 Å². The molecule has 0 spiro atoms. The van der Waals surface area contributed by atoms with Crippen LogP contribution in [0.2, 0.25) is 0 Å². The smallest absolute Gasteiger partial charge is 0.408 e. The van der Waals surface area contributed by atoms with Gasteiger partial charge in [-0.05, 0) is 48.3 Å². The maximum atomic E-state index is 14.1. The van der Waals surface area contributed by atoms with E-state index in [1.54, 1.807) is 0 Å². The van der Waals surface area contributed by atoms with Crippen LogP contribution in [0.1, 0.15) is 64.0 Å². The van der Waals surface area contributed by atoms with Gasteiger partial charge in [0, 0.05) is 18.2 Å². The fourth-order valence-electron chi connectivity index (χ4n) is 6.25. The number of benzene rings is 2. The Morgan fingerprint density at radius 3 is 2.60 bits per heavy atom. The molecule has 1 saturated heterocycles. The second kappa shape index (κ2) is 13.5. The van der Waals surface area contributed by atoms with Gasteiger partial charge in [0.1, 0.15) is 42.2 Å². The maximum Gasteiger partial charge on any atom is 0.408 e. The Labute approximate surface area is 275 Å². The highest BCUT2D eigenvalue weighted by Crippen LogP contribution is 2.39. The van der Waals surface area contributed by atoms with Crippen molar-refractivity contribution < 1.29 is 33.3 Å². The van der Waals surface area contributed by atoms with Gasteiger partial charge in [-0.1, -0.05) is 75.1 Å². The zero-order valence-electron chi connectivity index (χ0n) is 27.3. The van der Waals surface area contributed by atoms with Gasteiger partial charge >= 0.3 is 12.1 Å². The Morgan fingerprint density at radius 1 is 1.06 bits per heavy atom. The summed E-state index contributed by atoms with van der Waals surface area (Å²) in [5.41, 5.74) is 1.52. The molecular formula is C37H41N3O7. The largest absolute Gasteiger partial charge is 0.487 e. The molecule has 2 bridgehead atoms. The number of hydrogen-bond acceptors (Lipinski definition) is 8. The van der Waals surface area contributed by atoms with Crippen molar-refractivity contribution in [1.29, 1.82) is 0 Å². The molecule has 2 aromatic carbocycles. The average molecular weight is 640 g/mol. The number of alkyl carbamates (subject to hydrolysis) is 1. The molecule has 2 amide bonds. The number of para-hydroxylation sites is 1. The molecule has 2 aliphatic heterocycles. The fraction of sp³-hybridized carbons (Fsp3) is 0.459. The number of nitrogens with zero attached hydrogens (tertiary/aromatic N) is 2. The Morgan fingerprint density at radius 2 is 1.83 bits per heavy atom. The van der Waals surface area contributed by atoms with Gasteiger partial charge in [0.25, 0.3) is 0 Å². The van der Waals surface area contributed by atoms with Crippen LogP contribution in [0.25, 0.3) is 10.9 Å². The molecule has 3 heterocycles. The van der Waals surface area contributed by atoms with Gasteiger partial charge in [-0.25, -0.2) is 14.6 Å². The molecule has 6 rings (SSSR count). The molecule has 10 heteroatoms. The number of ether oxygens (including phenoxy) is 4. The predicted molar refractivity (Wildman–Crippen MR) is 175 cm³/mol. The number of carbonyl (C=O) groups excluding carboxylic acids is 3. The lowest BCUT2D eigenvalue weighted by atomic mass is 9.85. The summed E-state index contributed by atoms with van der Waals surface area (Å²) in [6.45, 7) is 5.98. The molecule has 3 aromatic rings. The average Bonchev–Trinajstić information content (AvgIpc) is 3.65. The molecule has 47 heavy (non-hydrogen) atoms. The third-order valence-corrected chi connectivity index (χ3v) is 8.92. The Kier molecular flexibility index (Phi) is 9.26. The summed E-state index contributed by atoms with van der Waals surface area (Å²) in [6, 6.07) is 15.7. The van der Waals surface area contributed by atoms with Gasteiger partial charge < -0.3 is 29.2 Å². The minimum atomic E-state index is -0.949. The molecule has 246 valence electrons. The number of amides is 2. The molecular weight excluding hydrogens is 598 g/mol. The summed E-state index contributed by atoms with van der Waals surface area (Å²) in [4.78, 5) is 46.4. The first-order valence-corrected chi connectivity index (χ1v) is 16.2. The van der Waals surface area contributed by atoms with Gasteiger partial charge in [-0.2, -0.15) is 0 Å². The van der Waals surface area contributed by atoms with Crippen molar-refractivity contribution >= 4 is 28.9 Å². The molecule has 3 aliphatic rings. The number of carbonyl (C=O) groups is 3. The predicted octanol–water partition coefficient (Wildman–Crippen LogP) is 5.40. The Balaban J connectivity index is 1.40. The number of aromatic nitrogens is 1. The van der Waals surface area contributed by atoms with Gasteiger partial charge in [0.15, 0.2) is 0 Å². The van der Waals surface area contributed by atoms with E-state index >= 15 is 0 Å². The highest BCUT2D eigenvalue weighted by molar-refractivity contribution is 5.91. The fourth-order valence-corrected chi connectivity index (χ4v) is 6.25. The van der Waals surface area contributed by atoms with Crippen LogP contribution in [0.5, 0.6) is 11.6 Å². The zero-order chi connectivity index (χ0) is 33.1. The number of methoxy groups -OCH3 is 1. The maximum absolute atomic E-state index is 14.1. The van der Waals surface area contributed by atoms with Crippen LogP contribution >= 0.6 is 0 Å². The Hall–Kier alpha value is -4.78. The first-order valence-electron chi connectivity index (χ1n) is 16.2. The van der Waals surface area contributed by atoms with E-state index in [0.29, 0.717) is 29.9 Å². The van der Waals surface area contributed by atoms with Crippen molar-refractivity contribution in [2.24, 2.45) is 11.3 Å². The SMILES string of the molecule is COC(=O)C1CC2CN1C(=O)C(C(C)(C)C)NC(=O)OC1CC1CCCC#Cc1c(nc3ccccc3c1OCc1ccccc1)O2. The third kappa shape index (κ3) is 7.30. The van der Waals surface area contributed by atoms with Crippen molar-refractivity contribution in [1.82, 2.24) is 15.2 Å². The van der Waals surface area contributed by atoms with E-state index < -0.39 is 41.6 Å². The molecule has 2 fully saturated rings. The minimum absolute atomic E-state index is 0.0776. The van der Waals surface area contributed by atoms with E-state index in [0.717, 1.165) is 30.2 Å². The van der Waals surface area contributed by atoms with Crippen LogP contribution in [-0.4, -0.2) is 65.8 Å². The monoisotopic (exact) mass is 639 g/mol. The molecule has 1 aromatic heterocycles. The van der Waals surface area contributed by atoms with Crippen LogP contribution in [-0.2, 0) is 25.7 Å². The van der Waals surface area contributed by atoms with E-state index in [-0.39, 0.29) is 30.9 Å². The lowest BCUT2D eigenvalue weighted by Crippen LogP contribution is -2.57. The summed E-state index contributed by atoms with van der Waals surface area (Å²) in [5, 5.41) is 3.61. The first kappa shape index (κ1) is 32.2. The van der Waals surface area contributed by atoms with Crippen LogP contribution in [0.15, 0.2) is 54.6 Å². The number of fused-ring (bicyclic) bond motifs is 5. The van der Waals surface area contributed by atoms with Gasteiger partial charge in [-0.3, -0.25) is 4.79 Å². The summed E-state index contributed by atoms with van der Waals surface area (Å²) in [6.07, 6.45) is 1.82. The number of rotatable bonds is 4. The second-order valence-corrected chi connectivity index (χ2v) is 13.5. The van der Waals surface area contributed by atoms with Gasteiger partial charge in [0.2, 0.25) is 11.8 Å². The first-order chi connectivity index (χ1) is 22.6. The number of pyridine rings is 1. The summed E-state index contributed by atoms with van der Waals surface area (Å²) in [5.74, 6) is 6.72. The highest BCUT2D eigenvalue weighted by Gasteiger charge is 2.47. The summed E-state index contributed by atoms with van der Waals surface area (Å²) >= 11 is 0. The van der Waals surface area contributed by atoms with Gasteiger partial charge in [-0.15, -0.1) is 0 Å². The second-order valence-electron chi connectivity index (χ2n) is 13.5. The molecule has 10 nitrogen and oxygen atoms in total. The van der Waals surface area contributed by atoms with Crippen molar-refractivity contribution in [2.45, 2.75) is 83.8 Å². The standard InChI is InChI=1S/C37H41N3O7/c1-37(2,3)32-34(41)40-21-25(20-29(40)35(42)44-4)46-33-27(17-10-6-9-15-24-19-30(24)47-36(43)39-32)31(26-16-11-12-18-28(26)38-33)45-22-23-13-7-5-8-14-23/h5,7-8,11-14,16,18,24-25,29-30,32H,6,9,15,19-22H2,1-4H3,(H,39,43). The normalized spacial score (nSPS) is 24.6. The van der Waals surface area contributed by atoms with E-state index in [1.807, 2.05) is 75.4 Å². The molecule has 1 saturated carbocycles. The minimum Gasteiger partial charge on any atom is -0.487 e. The number of hydrogen-bond donors (Lipinski definition) is 1. The molecule has 5 unspecified atom stereocenters. The topological polar surface area (TPSA) is 116 Å². The van der Waals surface area contributed by atoms with Gasteiger partial charge in [0.05, 0.1) is 19.2 Å². The Bertz CT molecular complexity index is 1710. The van der Waals surface area contributed by atoms with E-state index in [2.05, 4.69) is 17.2 Å². The molecule has 0 radical (unpaired) electrons. The summed E-state index contributed by atoms with van der Waals surface area (Å²) in [7, 11) is 1.29. The van der Waals surface area contributed by atoms with Crippen molar-refractivity contribution in [2.75, 3.05) is 13.7 Å². The quantitative estimate of drug-likeness (QED) is 0.298. The lowest BCUT2D eigenvalue weighted by Gasteiger charge is -2.34. The zero-order valence-corrected chi connectivity index (χ0v) is 27.3. The van der Waals surface area contributed by atoms with Crippen LogP contribution < -0.4 is 14.8 Å². The van der Waals surface area contributed by atoms with Crippen LogP contribution in [0.4, 0.5) is 4.79 Å². The number of esters is 1. The van der Waals surface area contributed by atoms with E-state index in [4.69, 9.17) is 23.9 Å². The molecule has 5 atom stereocenters.